The van der Waals surface area contributed by atoms with Crippen molar-refractivity contribution in [3.8, 4) is 5.75 Å². The van der Waals surface area contributed by atoms with Gasteiger partial charge in [0.15, 0.2) is 0 Å². The number of nitrogens with zero attached hydrogens (tertiary/aromatic N) is 1. The minimum Gasteiger partial charge on any atom is -0.497 e. The standard InChI is InChI=1S/C25H21ClN2O5S/c1-16-4-3-5-18(12-16)27-24(29)15-28-14-23(25(30)21-13-17(26)6-11-22(21)28)34(31,32)20-9-7-19(33-2)8-10-20/h3-14H,15H2,1-2H3,(H,27,29). The highest BCUT2D eigenvalue weighted by Crippen LogP contribution is 2.25. The van der Waals surface area contributed by atoms with Crippen molar-refractivity contribution in [3.05, 3.63) is 93.7 Å². The first-order valence-electron chi connectivity index (χ1n) is 10.3. The molecule has 174 valence electrons. The van der Waals surface area contributed by atoms with E-state index in [0.717, 1.165) is 5.56 Å². The van der Waals surface area contributed by atoms with E-state index in [0.29, 0.717) is 17.0 Å². The summed E-state index contributed by atoms with van der Waals surface area (Å²) in [5.74, 6) is 0.104. The molecule has 0 bridgehead atoms. The van der Waals surface area contributed by atoms with Crippen LogP contribution in [0.1, 0.15) is 5.56 Å². The minimum atomic E-state index is -4.19. The van der Waals surface area contributed by atoms with E-state index in [9.17, 15) is 18.0 Å². The number of halogens is 1. The van der Waals surface area contributed by atoms with Crippen LogP contribution in [0.3, 0.4) is 0 Å². The molecule has 0 fully saturated rings. The van der Waals surface area contributed by atoms with Gasteiger partial charge >= 0.3 is 0 Å². The summed E-state index contributed by atoms with van der Waals surface area (Å²) in [6.45, 7) is 1.70. The molecule has 1 N–H and O–H groups in total. The van der Waals surface area contributed by atoms with E-state index in [1.54, 1.807) is 18.2 Å². The SMILES string of the molecule is COc1ccc(S(=O)(=O)c2cn(CC(=O)Nc3cccc(C)c3)c3ccc(Cl)cc3c2=O)cc1. The average Bonchev–Trinajstić information content (AvgIpc) is 2.80. The summed E-state index contributed by atoms with van der Waals surface area (Å²) in [4.78, 5) is 25.5. The van der Waals surface area contributed by atoms with Crippen molar-refractivity contribution in [3.63, 3.8) is 0 Å². The van der Waals surface area contributed by atoms with Crippen LogP contribution in [0, 0.1) is 6.92 Å². The van der Waals surface area contributed by atoms with Crippen LogP contribution >= 0.6 is 11.6 Å². The first-order valence-corrected chi connectivity index (χ1v) is 12.1. The normalized spacial score (nSPS) is 11.4. The molecule has 1 heterocycles. The van der Waals surface area contributed by atoms with E-state index >= 15 is 0 Å². The predicted octanol–water partition coefficient (Wildman–Crippen LogP) is 4.44. The maximum Gasteiger partial charge on any atom is 0.244 e. The number of rotatable bonds is 6. The molecule has 1 amide bonds. The number of aromatic nitrogens is 1. The molecule has 9 heteroatoms. The van der Waals surface area contributed by atoms with Gasteiger partial charge in [-0.05, 0) is 67.1 Å². The van der Waals surface area contributed by atoms with E-state index in [4.69, 9.17) is 16.3 Å². The van der Waals surface area contributed by atoms with Gasteiger partial charge in [-0.2, -0.15) is 0 Å². The molecular formula is C25H21ClN2O5S. The molecule has 34 heavy (non-hydrogen) atoms. The lowest BCUT2D eigenvalue weighted by atomic mass is 10.2. The third-order valence-electron chi connectivity index (χ3n) is 5.28. The Balaban J connectivity index is 1.81. The Morgan fingerprint density at radius 3 is 2.47 bits per heavy atom. The van der Waals surface area contributed by atoms with Gasteiger partial charge in [0.1, 0.15) is 17.2 Å². The quantitative estimate of drug-likeness (QED) is 0.426. The zero-order valence-corrected chi connectivity index (χ0v) is 20.0. The van der Waals surface area contributed by atoms with Crippen LogP contribution < -0.4 is 15.5 Å². The smallest absolute Gasteiger partial charge is 0.244 e. The third-order valence-corrected chi connectivity index (χ3v) is 7.28. The molecule has 0 saturated carbocycles. The number of benzene rings is 3. The van der Waals surface area contributed by atoms with Crippen molar-refractivity contribution in [2.24, 2.45) is 0 Å². The van der Waals surface area contributed by atoms with Crippen molar-refractivity contribution < 1.29 is 17.9 Å². The van der Waals surface area contributed by atoms with Gasteiger partial charge in [-0.3, -0.25) is 9.59 Å². The summed E-state index contributed by atoms with van der Waals surface area (Å²) in [6, 6.07) is 17.6. The fourth-order valence-electron chi connectivity index (χ4n) is 3.63. The fraction of sp³-hybridized carbons (Fsp3) is 0.120. The van der Waals surface area contributed by atoms with Crippen molar-refractivity contribution in [2.45, 2.75) is 23.3 Å². The van der Waals surface area contributed by atoms with E-state index in [1.807, 2.05) is 25.1 Å². The number of carbonyl (C=O) groups is 1. The second-order valence-electron chi connectivity index (χ2n) is 7.71. The van der Waals surface area contributed by atoms with Crippen molar-refractivity contribution >= 4 is 43.9 Å². The van der Waals surface area contributed by atoms with Gasteiger partial charge in [-0.1, -0.05) is 23.7 Å². The predicted molar refractivity (Wildman–Crippen MR) is 131 cm³/mol. The van der Waals surface area contributed by atoms with Gasteiger partial charge in [0.25, 0.3) is 0 Å². The van der Waals surface area contributed by atoms with Crippen LogP contribution in [-0.4, -0.2) is 26.0 Å². The molecule has 0 aliphatic carbocycles. The van der Waals surface area contributed by atoms with Crippen LogP contribution in [0.25, 0.3) is 10.9 Å². The second kappa shape index (κ2) is 9.32. The molecule has 0 radical (unpaired) electrons. The number of nitrogens with one attached hydrogen (secondary N) is 1. The summed E-state index contributed by atoms with van der Waals surface area (Å²) in [6.07, 6.45) is 1.20. The number of hydrogen-bond acceptors (Lipinski definition) is 5. The Morgan fingerprint density at radius 2 is 1.79 bits per heavy atom. The van der Waals surface area contributed by atoms with Crippen LogP contribution in [-0.2, 0) is 21.2 Å². The zero-order chi connectivity index (χ0) is 24.5. The third kappa shape index (κ3) is 4.69. The number of methoxy groups -OCH3 is 1. The molecule has 0 aliphatic rings. The highest BCUT2D eigenvalue weighted by Gasteiger charge is 2.24. The number of sulfone groups is 1. The van der Waals surface area contributed by atoms with Crippen LogP contribution in [0.4, 0.5) is 5.69 Å². The fourth-order valence-corrected chi connectivity index (χ4v) is 5.17. The highest BCUT2D eigenvalue weighted by atomic mass is 35.5. The van der Waals surface area contributed by atoms with Gasteiger partial charge < -0.3 is 14.6 Å². The molecule has 0 unspecified atom stereocenters. The number of ether oxygens (including phenoxy) is 1. The Kier molecular flexibility index (Phi) is 6.45. The molecule has 4 aromatic rings. The van der Waals surface area contributed by atoms with E-state index in [1.165, 1.54) is 48.2 Å². The molecule has 7 nitrogen and oxygen atoms in total. The van der Waals surface area contributed by atoms with Gasteiger partial charge in [0, 0.05) is 22.3 Å². The molecule has 0 atom stereocenters. The number of aryl methyl sites for hydroxylation is 1. The Morgan fingerprint density at radius 1 is 1.06 bits per heavy atom. The lowest BCUT2D eigenvalue weighted by Crippen LogP contribution is -2.24. The Hall–Kier alpha value is -3.62. The van der Waals surface area contributed by atoms with Crippen molar-refractivity contribution in [2.75, 3.05) is 12.4 Å². The second-order valence-corrected chi connectivity index (χ2v) is 10.1. The molecular weight excluding hydrogens is 476 g/mol. The summed E-state index contributed by atoms with van der Waals surface area (Å²) in [5.41, 5.74) is 1.30. The molecule has 0 aliphatic heterocycles. The topological polar surface area (TPSA) is 94.5 Å². The Labute approximate surface area is 201 Å². The number of carbonyl (C=O) groups excluding carboxylic acids is 1. The highest BCUT2D eigenvalue weighted by molar-refractivity contribution is 7.91. The van der Waals surface area contributed by atoms with Crippen LogP contribution in [0.5, 0.6) is 5.75 Å². The lowest BCUT2D eigenvalue weighted by Gasteiger charge is -2.14. The van der Waals surface area contributed by atoms with Gasteiger partial charge in [0.2, 0.25) is 21.2 Å². The van der Waals surface area contributed by atoms with Crippen LogP contribution in [0.2, 0.25) is 5.02 Å². The Bertz CT molecular complexity index is 1560. The van der Waals surface area contributed by atoms with Gasteiger partial charge in [-0.15, -0.1) is 0 Å². The summed E-state index contributed by atoms with van der Waals surface area (Å²) in [5, 5.41) is 3.18. The van der Waals surface area contributed by atoms with Crippen LogP contribution in [0.15, 0.2) is 87.5 Å². The number of pyridine rings is 1. The van der Waals surface area contributed by atoms with Crippen molar-refractivity contribution in [1.29, 1.82) is 0 Å². The first kappa shape index (κ1) is 23.5. The summed E-state index contributed by atoms with van der Waals surface area (Å²) in [7, 11) is -2.72. The summed E-state index contributed by atoms with van der Waals surface area (Å²) >= 11 is 6.10. The summed E-state index contributed by atoms with van der Waals surface area (Å²) < 4.78 is 33.2. The molecule has 0 saturated heterocycles. The average molecular weight is 497 g/mol. The number of fused-ring (bicyclic) bond motifs is 1. The van der Waals surface area contributed by atoms with Gasteiger partial charge in [-0.25, -0.2) is 8.42 Å². The number of hydrogen-bond donors (Lipinski definition) is 1. The van der Waals surface area contributed by atoms with Gasteiger partial charge in [0.05, 0.1) is 17.5 Å². The van der Waals surface area contributed by atoms with E-state index in [2.05, 4.69) is 5.32 Å². The monoisotopic (exact) mass is 496 g/mol. The maximum atomic E-state index is 13.4. The molecule has 4 rings (SSSR count). The largest absolute Gasteiger partial charge is 0.497 e. The molecule has 1 aromatic heterocycles. The first-order chi connectivity index (χ1) is 16.2. The zero-order valence-electron chi connectivity index (χ0n) is 18.4. The molecule has 0 spiro atoms. The van der Waals surface area contributed by atoms with E-state index in [-0.39, 0.29) is 27.8 Å². The van der Waals surface area contributed by atoms with Crippen molar-refractivity contribution in [1.82, 2.24) is 4.57 Å². The minimum absolute atomic E-state index is 0.0671. The molecule has 3 aromatic carbocycles. The number of anilines is 1. The number of amides is 1. The lowest BCUT2D eigenvalue weighted by molar-refractivity contribution is -0.116. The maximum absolute atomic E-state index is 13.4. The van der Waals surface area contributed by atoms with E-state index < -0.39 is 20.2 Å².